The fraction of sp³-hybridized carbons (Fsp3) is 0.714. The lowest BCUT2D eigenvalue weighted by molar-refractivity contribution is 0.381. The van der Waals surface area contributed by atoms with Crippen LogP contribution in [-0.4, -0.2) is 37.1 Å². The maximum absolute atomic E-state index is 12.7. The molecule has 1 saturated carbocycles. The normalized spacial score (nSPS) is 24.1. The summed E-state index contributed by atoms with van der Waals surface area (Å²) in [6, 6.07) is 4.39. The molecule has 1 aliphatic heterocycles. The molecule has 2 fully saturated rings. The molecule has 1 aromatic rings. The Bertz CT molecular complexity index is 517. The summed E-state index contributed by atoms with van der Waals surface area (Å²) in [6.07, 6.45) is 5.32. The summed E-state index contributed by atoms with van der Waals surface area (Å²) in [5.74, 6) is 0.259. The number of hydrogen-bond acceptors (Lipinski definition) is 4. The molecule has 2 aliphatic rings. The van der Waals surface area contributed by atoms with Crippen LogP contribution in [0.25, 0.3) is 0 Å². The highest BCUT2D eigenvalue weighted by Crippen LogP contribution is 2.32. The molecule has 2 heterocycles. The van der Waals surface area contributed by atoms with Crippen molar-refractivity contribution in [3.05, 3.63) is 22.4 Å². The molecule has 112 valence electrons. The van der Waals surface area contributed by atoms with Crippen molar-refractivity contribution < 1.29 is 8.42 Å². The first kappa shape index (κ1) is 14.5. The third kappa shape index (κ3) is 3.61. The second kappa shape index (κ2) is 6.13. The van der Waals surface area contributed by atoms with Gasteiger partial charge < -0.3 is 5.32 Å². The van der Waals surface area contributed by atoms with Crippen molar-refractivity contribution >= 4 is 21.4 Å². The van der Waals surface area contributed by atoms with Crippen molar-refractivity contribution in [3.63, 3.8) is 0 Å². The molecule has 20 heavy (non-hydrogen) atoms. The average Bonchev–Trinajstić information content (AvgIpc) is 3.12. The second-order valence-corrected chi connectivity index (χ2v) is 8.78. The summed E-state index contributed by atoms with van der Waals surface area (Å²) in [5.41, 5.74) is 0. The first-order valence-corrected chi connectivity index (χ1v) is 9.89. The van der Waals surface area contributed by atoms with E-state index in [0.29, 0.717) is 6.54 Å². The van der Waals surface area contributed by atoms with E-state index in [1.807, 2.05) is 17.5 Å². The molecule has 1 atom stereocenters. The molecule has 4 nitrogen and oxygen atoms in total. The molecule has 0 bridgehead atoms. The van der Waals surface area contributed by atoms with E-state index in [0.717, 1.165) is 43.5 Å². The predicted octanol–water partition coefficient (Wildman–Crippen LogP) is 2.18. The monoisotopic (exact) mass is 314 g/mol. The third-order valence-corrected chi connectivity index (χ3v) is 6.85. The standard InChI is InChI=1S/C14H22N2O2S2/c17-20(18,11-12-4-1-2-8-15-12)16(13-6-7-13)10-14-5-3-9-19-14/h3,5,9,12-13,15H,1-2,4,6-8,10-11H2. The second-order valence-electron chi connectivity index (χ2n) is 5.78. The topological polar surface area (TPSA) is 49.4 Å². The lowest BCUT2D eigenvalue weighted by Gasteiger charge is -2.27. The summed E-state index contributed by atoms with van der Waals surface area (Å²) < 4.78 is 27.1. The van der Waals surface area contributed by atoms with Crippen molar-refractivity contribution in [1.82, 2.24) is 9.62 Å². The van der Waals surface area contributed by atoms with Crippen molar-refractivity contribution in [2.24, 2.45) is 0 Å². The van der Waals surface area contributed by atoms with Gasteiger partial charge in [-0.3, -0.25) is 0 Å². The zero-order valence-electron chi connectivity index (χ0n) is 11.6. The van der Waals surface area contributed by atoms with Crippen LogP contribution in [0.2, 0.25) is 0 Å². The third-order valence-electron chi connectivity index (χ3n) is 4.03. The summed E-state index contributed by atoms with van der Waals surface area (Å²) in [7, 11) is -3.16. The van der Waals surface area contributed by atoms with E-state index in [-0.39, 0.29) is 17.8 Å². The fourth-order valence-electron chi connectivity index (χ4n) is 2.79. The van der Waals surface area contributed by atoms with Gasteiger partial charge in [0, 0.05) is 23.5 Å². The van der Waals surface area contributed by atoms with Gasteiger partial charge in [-0.2, -0.15) is 4.31 Å². The molecule has 0 spiro atoms. The Morgan fingerprint density at radius 2 is 2.15 bits per heavy atom. The molecule has 6 heteroatoms. The van der Waals surface area contributed by atoms with Crippen LogP contribution in [0.1, 0.15) is 37.0 Å². The van der Waals surface area contributed by atoms with Gasteiger partial charge in [0.05, 0.1) is 5.75 Å². The van der Waals surface area contributed by atoms with Gasteiger partial charge in [0.25, 0.3) is 0 Å². The SMILES string of the molecule is O=S(=O)(CC1CCCCN1)N(Cc1cccs1)C1CC1. The minimum Gasteiger partial charge on any atom is -0.313 e. The van der Waals surface area contributed by atoms with Crippen molar-refractivity contribution in [2.75, 3.05) is 12.3 Å². The Balaban J connectivity index is 1.68. The molecule has 1 unspecified atom stereocenters. The van der Waals surface area contributed by atoms with E-state index in [2.05, 4.69) is 5.32 Å². The van der Waals surface area contributed by atoms with E-state index in [4.69, 9.17) is 0 Å². The summed E-state index contributed by atoms with van der Waals surface area (Å²) in [6.45, 7) is 1.51. The average molecular weight is 314 g/mol. The predicted molar refractivity (Wildman–Crippen MR) is 82.3 cm³/mol. The molecule has 1 N–H and O–H groups in total. The van der Waals surface area contributed by atoms with Crippen LogP contribution in [0, 0.1) is 0 Å². The van der Waals surface area contributed by atoms with Crippen LogP contribution in [0.5, 0.6) is 0 Å². The first-order chi connectivity index (χ1) is 9.65. The molecule has 1 saturated heterocycles. The first-order valence-electron chi connectivity index (χ1n) is 7.40. The lowest BCUT2D eigenvalue weighted by Crippen LogP contribution is -2.44. The summed E-state index contributed by atoms with van der Waals surface area (Å²) in [4.78, 5) is 1.14. The number of nitrogens with zero attached hydrogens (tertiary/aromatic N) is 1. The zero-order valence-corrected chi connectivity index (χ0v) is 13.3. The summed E-state index contributed by atoms with van der Waals surface area (Å²) >= 11 is 1.64. The number of thiophene rings is 1. The largest absolute Gasteiger partial charge is 0.313 e. The summed E-state index contributed by atoms with van der Waals surface area (Å²) in [5, 5.41) is 5.35. The molecular formula is C14H22N2O2S2. The van der Waals surface area contributed by atoms with E-state index < -0.39 is 10.0 Å². The Morgan fingerprint density at radius 1 is 1.30 bits per heavy atom. The fourth-order valence-corrected chi connectivity index (χ4v) is 5.56. The van der Waals surface area contributed by atoms with Crippen molar-refractivity contribution in [2.45, 2.75) is 50.7 Å². The number of hydrogen-bond donors (Lipinski definition) is 1. The Kier molecular flexibility index (Phi) is 4.45. The number of rotatable bonds is 6. The highest BCUT2D eigenvalue weighted by molar-refractivity contribution is 7.89. The molecule has 3 rings (SSSR count). The number of sulfonamides is 1. The van der Waals surface area contributed by atoms with Gasteiger partial charge in [0.2, 0.25) is 10.0 Å². The highest BCUT2D eigenvalue weighted by atomic mass is 32.2. The maximum Gasteiger partial charge on any atom is 0.216 e. The van der Waals surface area contributed by atoms with Crippen LogP contribution in [0.3, 0.4) is 0 Å². The minimum atomic E-state index is -3.16. The smallest absolute Gasteiger partial charge is 0.216 e. The van der Waals surface area contributed by atoms with E-state index in [9.17, 15) is 8.42 Å². The molecule has 1 aromatic heterocycles. The van der Waals surface area contributed by atoms with Gasteiger partial charge in [-0.25, -0.2) is 8.42 Å². The van der Waals surface area contributed by atoms with Crippen LogP contribution in [0.4, 0.5) is 0 Å². The Morgan fingerprint density at radius 3 is 2.75 bits per heavy atom. The molecule has 1 aliphatic carbocycles. The zero-order chi connectivity index (χ0) is 14.0. The van der Waals surface area contributed by atoms with Gasteiger partial charge >= 0.3 is 0 Å². The van der Waals surface area contributed by atoms with Gasteiger partial charge in [-0.15, -0.1) is 11.3 Å². The maximum atomic E-state index is 12.7. The lowest BCUT2D eigenvalue weighted by atomic mass is 10.1. The Hall–Kier alpha value is -0.430. The molecule has 0 radical (unpaired) electrons. The van der Waals surface area contributed by atoms with Gasteiger partial charge in [0.1, 0.15) is 0 Å². The van der Waals surface area contributed by atoms with Crippen molar-refractivity contribution in [1.29, 1.82) is 0 Å². The van der Waals surface area contributed by atoms with Crippen LogP contribution in [-0.2, 0) is 16.6 Å². The van der Waals surface area contributed by atoms with Gasteiger partial charge in [0.15, 0.2) is 0 Å². The van der Waals surface area contributed by atoms with E-state index in [1.54, 1.807) is 15.6 Å². The highest BCUT2D eigenvalue weighted by Gasteiger charge is 2.38. The van der Waals surface area contributed by atoms with Crippen LogP contribution >= 0.6 is 11.3 Å². The van der Waals surface area contributed by atoms with Crippen molar-refractivity contribution in [3.8, 4) is 0 Å². The number of piperidine rings is 1. The van der Waals surface area contributed by atoms with Gasteiger partial charge in [-0.05, 0) is 43.7 Å². The molecule has 0 aromatic carbocycles. The molecular weight excluding hydrogens is 292 g/mol. The Labute approximate surface area is 125 Å². The minimum absolute atomic E-state index is 0.137. The van der Waals surface area contributed by atoms with E-state index in [1.165, 1.54) is 0 Å². The van der Waals surface area contributed by atoms with Crippen LogP contribution < -0.4 is 5.32 Å². The quantitative estimate of drug-likeness (QED) is 0.875. The number of nitrogens with one attached hydrogen (secondary N) is 1. The molecule has 0 amide bonds. The van der Waals surface area contributed by atoms with Gasteiger partial charge in [-0.1, -0.05) is 12.5 Å². The van der Waals surface area contributed by atoms with Crippen LogP contribution in [0.15, 0.2) is 17.5 Å². The van der Waals surface area contributed by atoms with E-state index >= 15 is 0 Å².